The first-order chi connectivity index (χ1) is 7.88. The van der Waals surface area contributed by atoms with Crippen LogP contribution < -0.4 is 5.32 Å². The minimum atomic E-state index is 0.837. The Labute approximate surface area is 96.6 Å². The molecular formula is C12H20N2O2. The van der Waals surface area contributed by atoms with E-state index in [9.17, 15) is 0 Å². The van der Waals surface area contributed by atoms with Gasteiger partial charge in [0.15, 0.2) is 0 Å². The summed E-state index contributed by atoms with van der Waals surface area (Å²) in [6, 6.07) is 2.13. The van der Waals surface area contributed by atoms with Crippen LogP contribution in [0.2, 0.25) is 0 Å². The maximum Gasteiger partial charge on any atom is 0.118 e. The van der Waals surface area contributed by atoms with Gasteiger partial charge in [0, 0.05) is 31.8 Å². The molecule has 1 aliphatic heterocycles. The fourth-order valence-electron chi connectivity index (χ4n) is 1.98. The summed E-state index contributed by atoms with van der Waals surface area (Å²) < 4.78 is 11.0. The number of hydrogen-bond acceptors (Lipinski definition) is 4. The van der Waals surface area contributed by atoms with E-state index in [1.807, 2.05) is 13.3 Å². The molecule has 1 fully saturated rings. The van der Waals surface area contributed by atoms with E-state index in [1.54, 1.807) is 0 Å². The van der Waals surface area contributed by atoms with Gasteiger partial charge in [-0.25, -0.2) is 0 Å². The second kappa shape index (κ2) is 6.03. The lowest BCUT2D eigenvalue weighted by Crippen LogP contribution is -2.25. The lowest BCUT2D eigenvalue weighted by atomic mass is 10.3. The quantitative estimate of drug-likeness (QED) is 0.834. The van der Waals surface area contributed by atoms with Crippen molar-refractivity contribution in [3.05, 3.63) is 23.7 Å². The number of nitrogens with zero attached hydrogens (tertiary/aromatic N) is 1. The summed E-state index contributed by atoms with van der Waals surface area (Å²) in [4.78, 5) is 2.38. The molecule has 0 unspecified atom stereocenters. The number of furan rings is 1. The molecule has 1 aromatic heterocycles. The Morgan fingerprint density at radius 2 is 2.31 bits per heavy atom. The van der Waals surface area contributed by atoms with E-state index in [-0.39, 0.29) is 0 Å². The smallest absolute Gasteiger partial charge is 0.118 e. The average Bonchev–Trinajstić information content (AvgIpc) is 2.56. The monoisotopic (exact) mass is 224 g/mol. The van der Waals surface area contributed by atoms with Gasteiger partial charge in [-0.05, 0) is 19.5 Å². The van der Waals surface area contributed by atoms with Crippen LogP contribution in [-0.4, -0.2) is 38.3 Å². The third kappa shape index (κ3) is 3.33. The van der Waals surface area contributed by atoms with Crippen molar-refractivity contribution in [1.82, 2.24) is 10.2 Å². The second-order valence-electron chi connectivity index (χ2n) is 4.19. The van der Waals surface area contributed by atoms with Crippen molar-refractivity contribution < 1.29 is 9.15 Å². The van der Waals surface area contributed by atoms with E-state index in [2.05, 4.69) is 16.3 Å². The molecule has 0 saturated carbocycles. The summed E-state index contributed by atoms with van der Waals surface area (Å²) in [5.41, 5.74) is 1.21. The molecule has 16 heavy (non-hydrogen) atoms. The molecule has 0 radical (unpaired) electrons. The standard InChI is InChI=1S/C12H20N2O2/c1-13-8-11-7-12(16-10-11)9-14-3-2-5-15-6-4-14/h7,10,13H,2-6,8-9H2,1H3. The molecule has 0 spiro atoms. The highest BCUT2D eigenvalue weighted by molar-refractivity contribution is 5.12. The molecule has 1 N–H and O–H groups in total. The van der Waals surface area contributed by atoms with Crippen molar-refractivity contribution in [2.24, 2.45) is 0 Å². The van der Waals surface area contributed by atoms with Crippen LogP contribution in [0.5, 0.6) is 0 Å². The van der Waals surface area contributed by atoms with Crippen molar-refractivity contribution in [3.8, 4) is 0 Å². The van der Waals surface area contributed by atoms with Gasteiger partial charge in [-0.3, -0.25) is 4.90 Å². The number of nitrogens with one attached hydrogen (secondary N) is 1. The topological polar surface area (TPSA) is 37.6 Å². The Bertz CT molecular complexity index is 304. The van der Waals surface area contributed by atoms with Crippen LogP contribution in [0.1, 0.15) is 17.7 Å². The highest BCUT2D eigenvalue weighted by atomic mass is 16.5. The van der Waals surface area contributed by atoms with E-state index in [1.165, 1.54) is 5.56 Å². The molecule has 1 aliphatic rings. The van der Waals surface area contributed by atoms with Gasteiger partial charge >= 0.3 is 0 Å². The Morgan fingerprint density at radius 3 is 3.19 bits per heavy atom. The number of ether oxygens (including phenoxy) is 1. The van der Waals surface area contributed by atoms with E-state index >= 15 is 0 Å². The predicted molar refractivity (Wildman–Crippen MR) is 62.2 cm³/mol. The third-order valence-electron chi connectivity index (χ3n) is 2.78. The molecule has 0 bridgehead atoms. The van der Waals surface area contributed by atoms with Gasteiger partial charge in [-0.1, -0.05) is 0 Å². The normalized spacial score (nSPS) is 18.6. The lowest BCUT2D eigenvalue weighted by molar-refractivity contribution is 0.139. The zero-order chi connectivity index (χ0) is 11.2. The number of hydrogen-bond donors (Lipinski definition) is 1. The summed E-state index contributed by atoms with van der Waals surface area (Å²) in [6.07, 6.45) is 2.95. The zero-order valence-electron chi connectivity index (χ0n) is 9.87. The molecule has 0 amide bonds. The van der Waals surface area contributed by atoms with Crippen LogP contribution in [0.4, 0.5) is 0 Å². The number of rotatable bonds is 4. The molecule has 2 rings (SSSR count). The average molecular weight is 224 g/mol. The molecule has 2 heterocycles. The molecular weight excluding hydrogens is 204 g/mol. The Morgan fingerprint density at radius 1 is 1.38 bits per heavy atom. The van der Waals surface area contributed by atoms with Gasteiger partial charge in [-0.2, -0.15) is 0 Å². The lowest BCUT2D eigenvalue weighted by Gasteiger charge is -2.16. The van der Waals surface area contributed by atoms with E-state index in [4.69, 9.17) is 9.15 Å². The van der Waals surface area contributed by atoms with Gasteiger partial charge in [0.25, 0.3) is 0 Å². The molecule has 1 aromatic rings. The minimum absolute atomic E-state index is 0.837. The second-order valence-corrected chi connectivity index (χ2v) is 4.19. The molecule has 90 valence electrons. The van der Waals surface area contributed by atoms with Gasteiger partial charge in [-0.15, -0.1) is 0 Å². The molecule has 0 aliphatic carbocycles. The van der Waals surface area contributed by atoms with Gasteiger partial charge in [0.05, 0.1) is 19.4 Å². The molecule has 0 atom stereocenters. The van der Waals surface area contributed by atoms with Crippen LogP contribution in [0.25, 0.3) is 0 Å². The van der Waals surface area contributed by atoms with Crippen molar-refractivity contribution in [2.75, 3.05) is 33.4 Å². The molecule has 4 nitrogen and oxygen atoms in total. The fraction of sp³-hybridized carbons (Fsp3) is 0.667. The summed E-state index contributed by atoms with van der Waals surface area (Å²) in [5, 5.41) is 3.12. The van der Waals surface area contributed by atoms with Crippen molar-refractivity contribution in [2.45, 2.75) is 19.5 Å². The Hall–Kier alpha value is -0.840. The van der Waals surface area contributed by atoms with Gasteiger partial charge in [0.2, 0.25) is 0 Å². The SMILES string of the molecule is CNCc1coc(CN2CCCOCC2)c1. The molecule has 4 heteroatoms. The highest BCUT2D eigenvalue weighted by Crippen LogP contribution is 2.11. The summed E-state index contributed by atoms with van der Waals surface area (Å²) in [5.74, 6) is 1.05. The van der Waals surface area contributed by atoms with Gasteiger partial charge < -0.3 is 14.5 Å². The van der Waals surface area contributed by atoms with Crippen molar-refractivity contribution >= 4 is 0 Å². The summed E-state index contributed by atoms with van der Waals surface area (Å²) >= 11 is 0. The first-order valence-electron chi connectivity index (χ1n) is 5.89. The van der Waals surface area contributed by atoms with E-state index in [0.29, 0.717) is 0 Å². The summed E-state index contributed by atoms with van der Waals surface area (Å²) in [7, 11) is 1.94. The third-order valence-corrected chi connectivity index (χ3v) is 2.78. The maximum atomic E-state index is 5.54. The minimum Gasteiger partial charge on any atom is -0.468 e. The van der Waals surface area contributed by atoms with Crippen LogP contribution in [-0.2, 0) is 17.8 Å². The Kier molecular flexibility index (Phi) is 4.39. The van der Waals surface area contributed by atoms with Crippen molar-refractivity contribution in [1.29, 1.82) is 0 Å². The summed E-state index contributed by atoms with van der Waals surface area (Å²) in [6.45, 7) is 5.59. The van der Waals surface area contributed by atoms with E-state index < -0.39 is 0 Å². The van der Waals surface area contributed by atoms with Crippen LogP contribution in [0.15, 0.2) is 16.7 Å². The maximum absolute atomic E-state index is 5.54. The van der Waals surface area contributed by atoms with E-state index in [0.717, 1.165) is 51.6 Å². The van der Waals surface area contributed by atoms with Gasteiger partial charge in [0.1, 0.15) is 5.76 Å². The van der Waals surface area contributed by atoms with Crippen LogP contribution in [0, 0.1) is 0 Å². The van der Waals surface area contributed by atoms with Crippen LogP contribution in [0.3, 0.4) is 0 Å². The zero-order valence-corrected chi connectivity index (χ0v) is 9.87. The first kappa shape index (κ1) is 11.6. The fourth-order valence-corrected chi connectivity index (χ4v) is 1.98. The molecule has 0 aromatic carbocycles. The molecule has 1 saturated heterocycles. The first-order valence-corrected chi connectivity index (χ1v) is 5.89. The predicted octanol–water partition coefficient (Wildman–Crippen LogP) is 1.22. The van der Waals surface area contributed by atoms with Crippen molar-refractivity contribution in [3.63, 3.8) is 0 Å². The van der Waals surface area contributed by atoms with Crippen LogP contribution >= 0.6 is 0 Å². The largest absolute Gasteiger partial charge is 0.468 e. The Balaban J connectivity index is 1.86. The highest BCUT2D eigenvalue weighted by Gasteiger charge is 2.11.